The lowest BCUT2D eigenvalue weighted by molar-refractivity contribution is 0.414. The Hall–Kier alpha value is -0.500. The molecule has 0 N–H and O–H groups in total. The number of hydrogen-bond acceptors (Lipinski definition) is 1. The number of ether oxygens (including phenoxy) is 1. The molecule has 0 aliphatic carbocycles. The van der Waals surface area contributed by atoms with Crippen LogP contribution in [0.5, 0.6) is 5.75 Å². The van der Waals surface area contributed by atoms with E-state index in [0.29, 0.717) is 0 Å². The van der Waals surface area contributed by atoms with Gasteiger partial charge in [-0.05, 0) is 37.1 Å². The summed E-state index contributed by atoms with van der Waals surface area (Å²) in [7, 11) is 1.66. The van der Waals surface area contributed by atoms with Crippen molar-refractivity contribution in [1.82, 2.24) is 0 Å². The summed E-state index contributed by atoms with van der Waals surface area (Å²) in [5, 5.41) is 0. The molecule has 0 aromatic heterocycles. The van der Waals surface area contributed by atoms with Crippen LogP contribution in [-0.2, 0) is 6.42 Å². The van der Waals surface area contributed by atoms with Crippen LogP contribution >= 0.6 is 15.9 Å². The molecule has 0 atom stereocenters. The smallest absolute Gasteiger partial charge is 0.119 e. The molecule has 0 amide bonds. The predicted octanol–water partition coefficient (Wildman–Crippen LogP) is 2.83. The molecule has 1 aromatic carbocycles. The van der Waals surface area contributed by atoms with Crippen molar-refractivity contribution in [2.45, 2.75) is 6.42 Å². The summed E-state index contributed by atoms with van der Waals surface area (Å²) in [6, 6.07) is 5.87. The van der Waals surface area contributed by atoms with Gasteiger partial charge in [0.1, 0.15) is 5.75 Å². The summed E-state index contributed by atoms with van der Waals surface area (Å²) >= 11 is 3.42. The van der Waals surface area contributed by atoms with E-state index in [1.165, 1.54) is 5.56 Å². The number of halogens is 1. The Balaban J connectivity index is 3.02. The summed E-state index contributed by atoms with van der Waals surface area (Å²) in [4.78, 5) is 0. The highest BCUT2D eigenvalue weighted by molar-refractivity contribution is 9.10. The highest BCUT2D eigenvalue weighted by Crippen LogP contribution is 2.22. The van der Waals surface area contributed by atoms with Crippen LogP contribution in [0.4, 0.5) is 0 Å². The standard InChI is InChI=1S/C9H10BrO/c1-3-7-6-8(11-2)4-5-9(7)10/h4-6H,1,3H2,2H3. The third-order valence-electron chi connectivity index (χ3n) is 1.52. The lowest BCUT2D eigenvalue weighted by Gasteiger charge is -2.03. The van der Waals surface area contributed by atoms with E-state index in [4.69, 9.17) is 4.74 Å². The van der Waals surface area contributed by atoms with Crippen molar-refractivity contribution in [3.05, 3.63) is 35.2 Å². The summed E-state index contributed by atoms with van der Waals surface area (Å²) < 4.78 is 6.15. The first-order valence-corrected chi connectivity index (χ1v) is 4.19. The summed E-state index contributed by atoms with van der Waals surface area (Å²) in [6.07, 6.45) is 0.776. The molecular weight excluding hydrogens is 204 g/mol. The average molecular weight is 214 g/mol. The Kier molecular flexibility index (Phi) is 2.94. The maximum Gasteiger partial charge on any atom is 0.119 e. The van der Waals surface area contributed by atoms with Gasteiger partial charge >= 0.3 is 0 Å². The normalized spacial score (nSPS) is 9.73. The van der Waals surface area contributed by atoms with Crippen molar-refractivity contribution in [1.29, 1.82) is 0 Å². The molecule has 1 rings (SSSR count). The molecule has 11 heavy (non-hydrogen) atoms. The van der Waals surface area contributed by atoms with E-state index < -0.39 is 0 Å². The fourth-order valence-electron chi connectivity index (χ4n) is 0.870. The van der Waals surface area contributed by atoms with E-state index in [1.54, 1.807) is 7.11 Å². The molecule has 1 nitrogen and oxygen atoms in total. The Morgan fingerprint density at radius 3 is 2.82 bits per heavy atom. The van der Waals surface area contributed by atoms with Gasteiger partial charge in [-0.25, -0.2) is 0 Å². The molecule has 0 unspecified atom stereocenters. The zero-order valence-corrected chi connectivity index (χ0v) is 8.02. The topological polar surface area (TPSA) is 9.23 Å². The molecule has 1 radical (unpaired) electrons. The second-order valence-electron chi connectivity index (χ2n) is 2.21. The molecule has 0 spiro atoms. The molecule has 0 aliphatic heterocycles. The van der Waals surface area contributed by atoms with Gasteiger partial charge in [0.25, 0.3) is 0 Å². The maximum absolute atomic E-state index is 5.06. The van der Waals surface area contributed by atoms with Crippen molar-refractivity contribution in [3.8, 4) is 5.75 Å². The molecule has 0 fully saturated rings. The van der Waals surface area contributed by atoms with Crippen LogP contribution in [0.2, 0.25) is 0 Å². The predicted molar refractivity (Wildman–Crippen MR) is 49.8 cm³/mol. The average Bonchev–Trinajstić information content (AvgIpc) is 2.05. The van der Waals surface area contributed by atoms with Crippen LogP contribution in [0.15, 0.2) is 22.7 Å². The maximum atomic E-state index is 5.06. The summed E-state index contributed by atoms with van der Waals surface area (Å²) in [6.45, 7) is 3.81. The SMILES string of the molecule is [CH2]Cc1cc(OC)ccc1Br. The molecule has 0 saturated heterocycles. The molecule has 1 aromatic rings. The highest BCUT2D eigenvalue weighted by atomic mass is 79.9. The Morgan fingerprint density at radius 1 is 1.55 bits per heavy atom. The Morgan fingerprint density at radius 2 is 2.27 bits per heavy atom. The Bertz CT molecular complexity index is 245. The van der Waals surface area contributed by atoms with Gasteiger partial charge in [-0.15, -0.1) is 0 Å². The van der Waals surface area contributed by atoms with Crippen LogP contribution in [0.25, 0.3) is 0 Å². The van der Waals surface area contributed by atoms with Gasteiger partial charge in [0.2, 0.25) is 0 Å². The monoisotopic (exact) mass is 213 g/mol. The molecule has 0 aliphatic rings. The van der Waals surface area contributed by atoms with Crippen LogP contribution in [0.1, 0.15) is 5.56 Å². The minimum absolute atomic E-state index is 0.776. The zero-order chi connectivity index (χ0) is 8.27. The largest absolute Gasteiger partial charge is 0.497 e. The fourth-order valence-corrected chi connectivity index (χ4v) is 1.31. The van der Waals surface area contributed by atoms with Gasteiger partial charge in [0.15, 0.2) is 0 Å². The third kappa shape index (κ3) is 1.96. The summed E-state index contributed by atoms with van der Waals surface area (Å²) in [5.74, 6) is 0.881. The number of rotatable bonds is 2. The molecule has 2 heteroatoms. The van der Waals surface area contributed by atoms with E-state index in [2.05, 4.69) is 22.9 Å². The second-order valence-corrected chi connectivity index (χ2v) is 3.06. The van der Waals surface area contributed by atoms with Gasteiger partial charge in [0.05, 0.1) is 7.11 Å². The van der Waals surface area contributed by atoms with Crippen molar-refractivity contribution >= 4 is 15.9 Å². The molecular formula is C9H10BrO. The van der Waals surface area contributed by atoms with E-state index >= 15 is 0 Å². The van der Waals surface area contributed by atoms with Gasteiger partial charge < -0.3 is 4.74 Å². The van der Waals surface area contributed by atoms with Gasteiger partial charge in [-0.2, -0.15) is 0 Å². The molecule has 0 heterocycles. The number of hydrogen-bond donors (Lipinski definition) is 0. The van der Waals surface area contributed by atoms with Gasteiger partial charge in [-0.1, -0.05) is 15.9 Å². The second kappa shape index (κ2) is 3.77. The number of benzene rings is 1. The van der Waals surface area contributed by atoms with E-state index in [9.17, 15) is 0 Å². The molecule has 0 bridgehead atoms. The first-order valence-electron chi connectivity index (χ1n) is 3.39. The lowest BCUT2D eigenvalue weighted by Crippen LogP contribution is -1.86. The number of methoxy groups -OCH3 is 1. The fraction of sp³-hybridized carbons (Fsp3) is 0.222. The van der Waals surface area contributed by atoms with Crippen LogP contribution < -0.4 is 4.74 Å². The Labute approximate surface area is 75.5 Å². The molecule has 0 saturated carbocycles. The minimum atomic E-state index is 0.776. The van der Waals surface area contributed by atoms with E-state index in [-0.39, 0.29) is 0 Å². The van der Waals surface area contributed by atoms with Crippen LogP contribution in [0.3, 0.4) is 0 Å². The van der Waals surface area contributed by atoms with Crippen molar-refractivity contribution < 1.29 is 4.74 Å². The van der Waals surface area contributed by atoms with Crippen molar-refractivity contribution in [3.63, 3.8) is 0 Å². The highest BCUT2D eigenvalue weighted by Gasteiger charge is 1.98. The molecule has 59 valence electrons. The van der Waals surface area contributed by atoms with Gasteiger partial charge in [0, 0.05) is 4.47 Å². The third-order valence-corrected chi connectivity index (χ3v) is 2.30. The lowest BCUT2D eigenvalue weighted by atomic mass is 10.2. The van der Waals surface area contributed by atoms with Crippen LogP contribution in [0, 0.1) is 6.92 Å². The van der Waals surface area contributed by atoms with E-state index in [0.717, 1.165) is 16.6 Å². The minimum Gasteiger partial charge on any atom is -0.497 e. The van der Waals surface area contributed by atoms with Gasteiger partial charge in [-0.3, -0.25) is 0 Å². The van der Waals surface area contributed by atoms with E-state index in [1.807, 2.05) is 18.2 Å². The first kappa shape index (κ1) is 8.60. The quantitative estimate of drug-likeness (QED) is 0.735. The van der Waals surface area contributed by atoms with Crippen molar-refractivity contribution in [2.24, 2.45) is 0 Å². The summed E-state index contributed by atoms with van der Waals surface area (Å²) in [5.41, 5.74) is 1.17. The zero-order valence-electron chi connectivity index (χ0n) is 6.43. The van der Waals surface area contributed by atoms with Crippen LogP contribution in [-0.4, -0.2) is 7.11 Å². The first-order chi connectivity index (χ1) is 5.27. The van der Waals surface area contributed by atoms with Crippen molar-refractivity contribution in [2.75, 3.05) is 7.11 Å².